The third kappa shape index (κ3) is 4.00. The average molecular weight is 376 g/mol. The molecule has 0 saturated heterocycles. The van der Waals surface area contributed by atoms with E-state index in [4.69, 9.17) is 9.47 Å². The maximum Gasteiger partial charge on any atom is 0.300 e. The van der Waals surface area contributed by atoms with Gasteiger partial charge in [0, 0.05) is 23.0 Å². The lowest BCUT2D eigenvalue weighted by atomic mass is 9.67. The SMILES string of the molecule is CCCCCc1cc(OC)c2c(c1)OC(C)(C)C1CCC(C(O)(O)O)=CC21. The maximum atomic E-state index is 9.68. The molecule has 2 aliphatic rings. The van der Waals surface area contributed by atoms with Crippen LogP contribution in [0.3, 0.4) is 0 Å². The van der Waals surface area contributed by atoms with E-state index in [-0.39, 0.29) is 17.4 Å². The van der Waals surface area contributed by atoms with Gasteiger partial charge in [0.05, 0.1) is 7.11 Å². The van der Waals surface area contributed by atoms with Gasteiger partial charge in [0.25, 0.3) is 5.97 Å². The van der Waals surface area contributed by atoms with Crippen molar-refractivity contribution in [3.63, 3.8) is 0 Å². The molecular weight excluding hydrogens is 344 g/mol. The highest BCUT2D eigenvalue weighted by molar-refractivity contribution is 5.54. The second-order valence-corrected chi connectivity index (χ2v) is 8.37. The fourth-order valence-corrected chi connectivity index (χ4v) is 4.57. The molecule has 27 heavy (non-hydrogen) atoms. The summed E-state index contributed by atoms with van der Waals surface area (Å²) in [6.45, 7) is 6.34. The van der Waals surface area contributed by atoms with Crippen LogP contribution in [-0.2, 0) is 6.42 Å². The van der Waals surface area contributed by atoms with Crippen LogP contribution in [0, 0.1) is 5.92 Å². The number of allylic oxidation sites excluding steroid dienone is 1. The van der Waals surface area contributed by atoms with E-state index in [0.717, 1.165) is 29.9 Å². The molecule has 0 fully saturated rings. The third-order valence-electron chi connectivity index (χ3n) is 6.02. The molecule has 1 aliphatic heterocycles. The van der Waals surface area contributed by atoms with Crippen molar-refractivity contribution in [3.8, 4) is 11.5 Å². The van der Waals surface area contributed by atoms with Crippen LogP contribution in [0.4, 0.5) is 0 Å². The van der Waals surface area contributed by atoms with Crippen LogP contribution >= 0.6 is 0 Å². The van der Waals surface area contributed by atoms with Gasteiger partial charge in [-0.3, -0.25) is 0 Å². The topological polar surface area (TPSA) is 79.2 Å². The molecule has 1 heterocycles. The first-order chi connectivity index (χ1) is 12.7. The summed E-state index contributed by atoms with van der Waals surface area (Å²) >= 11 is 0. The molecule has 0 saturated carbocycles. The van der Waals surface area contributed by atoms with Gasteiger partial charge in [-0.2, -0.15) is 0 Å². The first-order valence-electron chi connectivity index (χ1n) is 9.95. The molecule has 0 radical (unpaired) electrons. The summed E-state index contributed by atoms with van der Waals surface area (Å²) in [7, 11) is 1.65. The normalized spacial score (nSPS) is 23.7. The molecule has 3 N–H and O–H groups in total. The minimum absolute atomic E-state index is 0.0991. The number of hydrogen-bond acceptors (Lipinski definition) is 5. The van der Waals surface area contributed by atoms with E-state index in [0.29, 0.717) is 12.8 Å². The van der Waals surface area contributed by atoms with Crippen LogP contribution in [-0.4, -0.2) is 34.0 Å². The number of fused-ring (bicyclic) bond motifs is 3. The Labute approximate surface area is 161 Å². The summed E-state index contributed by atoms with van der Waals surface area (Å²) in [5.41, 5.74) is 1.97. The Hall–Kier alpha value is -1.56. The van der Waals surface area contributed by atoms with E-state index in [9.17, 15) is 15.3 Å². The molecule has 0 amide bonds. The largest absolute Gasteiger partial charge is 0.496 e. The summed E-state index contributed by atoms with van der Waals surface area (Å²) in [6.07, 6.45) is 7.38. The first-order valence-corrected chi connectivity index (χ1v) is 9.95. The lowest BCUT2D eigenvalue weighted by Crippen LogP contribution is -2.46. The molecule has 1 aliphatic carbocycles. The number of ether oxygens (including phenoxy) is 2. The monoisotopic (exact) mass is 376 g/mol. The number of aryl methyl sites for hydroxylation is 1. The van der Waals surface area contributed by atoms with Crippen molar-refractivity contribution in [1.29, 1.82) is 0 Å². The standard InChI is InChI=1S/C22H32O5/c1-5-6-7-8-14-11-18(26-4)20-16-13-15(22(23,24)25)9-10-17(16)21(2,3)27-19(20)12-14/h11-13,16-17,23-25H,5-10H2,1-4H3. The van der Waals surface area contributed by atoms with Gasteiger partial charge in [0.15, 0.2) is 0 Å². The minimum atomic E-state index is -2.78. The Morgan fingerprint density at radius 3 is 2.59 bits per heavy atom. The maximum absolute atomic E-state index is 9.68. The number of rotatable bonds is 6. The molecule has 2 unspecified atom stereocenters. The molecule has 5 nitrogen and oxygen atoms in total. The zero-order valence-corrected chi connectivity index (χ0v) is 16.8. The molecule has 0 spiro atoms. The molecule has 2 atom stereocenters. The highest BCUT2D eigenvalue weighted by Gasteiger charge is 2.47. The van der Waals surface area contributed by atoms with Gasteiger partial charge in [-0.1, -0.05) is 25.8 Å². The van der Waals surface area contributed by atoms with Crippen LogP contribution in [0.25, 0.3) is 0 Å². The van der Waals surface area contributed by atoms with Gasteiger partial charge in [-0.05, 0) is 57.2 Å². The Balaban J connectivity index is 2.06. The number of methoxy groups -OCH3 is 1. The van der Waals surface area contributed by atoms with E-state index >= 15 is 0 Å². The third-order valence-corrected chi connectivity index (χ3v) is 6.02. The second kappa shape index (κ2) is 7.46. The zero-order valence-electron chi connectivity index (χ0n) is 16.8. The Morgan fingerprint density at radius 1 is 1.22 bits per heavy atom. The Bertz CT molecular complexity index is 714. The molecule has 3 rings (SSSR count). The number of benzene rings is 1. The molecule has 0 aromatic heterocycles. The Morgan fingerprint density at radius 2 is 1.96 bits per heavy atom. The zero-order chi connectivity index (χ0) is 19.8. The number of aliphatic hydroxyl groups is 3. The van der Waals surface area contributed by atoms with Gasteiger partial charge in [0.1, 0.15) is 17.1 Å². The molecule has 1 aromatic carbocycles. The van der Waals surface area contributed by atoms with E-state index in [1.54, 1.807) is 13.2 Å². The van der Waals surface area contributed by atoms with E-state index < -0.39 is 11.6 Å². The highest BCUT2D eigenvalue weighted by Crippen LogP contribution is 2.54. The van der Waals surface area contributed by atoms with Crippen LogP contribution < -0.4 is 9.47 Å². The van der Waals surface area contributed by atoms with Gasteiger partial charge in [-0.25, -0.2) is 0 Å². The van der Waals surface area contributed by atoms with Crippen LogP contribution in [0.5, 0.6) is 11.5 Å². The van der Waals surface area contributed by atoms with E-state index in [2.05, 4.69) is 32.9 Å². The van der Waals surface area contributed by atoms with Gasteiger partial charge < -0.3 is 24.8 Å². The van der Waals surface area contributed by atoms with E-state index in [1.165, 1.54) is 18.4 Å². The minimum Gasteiger partial charge on any atom is -0.496 e. The van der Waals surface area contributed by atoms with Gasteiger partial charge in [-0.15, -0.1) is 0 Å². The number of hydrogen-bond donors (Lipinski definition) is 3. The van der Waals surface area contributed by atoms with Crippen molar-refractivity contribution in [3.05, 3.63) is 34.9 Å². The summed E-state index contributed by atoms with van der Waals surface area (Å²) < 4.78 is 12.1. The van der Waals surface area contributed by atoms with Gasteiger partial charge in [0.2, 0.25) is 0 Å². The van der Waals surface area contributed by atoms with Crippen molar-refractivity contribution < 1.29 is 24.8 Å². The fourth-order valence-electron chi connectivity index (χ4n) is 4.57. The second-order valence-electron chi connectivity index (χ2n) is 8.37. The van der Waals surface area contributed by atoms with Crippen molar-refractivity contribution in [2.75, 3.05) is 7.11 Å². The summed E-state index contributed by atoms with van der Waals surface area (Å²) in [4.78, 5) is 0. The lowest BCUT2D eigenvalue weighted by Gasteiger charge is -2.47. The smallest absolute Gasteiger partial charge is 0.300 e. The molecular formula is C22H32O5. The van der Waals surface area contributed by atoms with Crippen molar-refractivity contribution in [2.45, 2.75) is 76.8 Å². The number of unbranched alkanes of at least 4 members (excludes halogenated alkanes) is 2. The lowest BCUT2D eigenvalue weighted by molar-refractivity contribution is -0.284. The summed E-state index contributed by atoms with van der Waals surface area (Å²) in [5, 5.41) is 29.0. The first kappa shape index (κ1) is 20.2. The summed E-state index contributed by atoms with van der Waals surface area (Å²) in [5.74, 6) is -1.15. The van der Waals surface area contributed by atoms with Crippen LogP contribution in [0.1, 0.15) is 69.9 Å². The fraction of sp³-hybridized carbons (Fsp3) is 0.636. The van der Waals surface area contributed by atoms with E-state index in [1.807, 2.05) is 0 Å². The van der Waals surface area contributed by atoms with Crippen LogP contribution in [0.2, 0.25) is 0 Å². The van der Waals surface area contributed by atoms with Crippen molar-refractivity contribution in [2.24, 2.45) is 5.92 Å². The summed E-state index contributed by atoms with van der Waals surface area (Å²) in [6, 6.07) is 4.16. The predicted molar refractivity (Wildman–Crippen MR) is 104 cm³/mol. The molecule has 150 valence electrons. The van der Waals surface area contributed by atoms with Gasteiger partial charge >= 0.3 is 0 Å². The molecule has 0 bridgehead atoms. The Kier molecular flexibility index (Phi) is 5.57. The highest BCUT2D eigenvalue weighted by atomic mass is 16.7. The predicted octanol–water partition coefficient (Wildman–Crippen LogP) is 3.65. The quantitative estimate of drug-likeness (QED) is 0.401. The molecule has 5 heteroatoms. The molecule has 1 aromatic rings. The van der Waals surface area contributed by atoms with Crippen molar-refractivity contribution >= 4 is 0 Å². The average Bonchev–Trinajstić information content (AvgIpc) is 2.59. The van der Waals surface area contributed by atoms with Crippen molar-refractivity contribution in [1.82, 2.24) is 0 Å². The van der Waals surface area contributed by atoms with Crippen LogP contribution in [0.15, 0.2) is 23.8 Å².